The number of nitrogens with one attached hydrogen (secondary N) is 2. The van der Waals surface area contributed by atoms with Crippen LogP contribution < -0.4 is 20.3 Å². The molecular formula is C25H36ClN3O5. The molecule has 0 saturated carbocycles. The number of aromatic nitrogens is 1. The molecule has 0 saturated heterocycles. The van der Waals surface area contributed by atoms with Gasteiger partial charge < -0.3 is 29.8 Å². The van der Waals surface area contributed by atoms with Gasteiger partial charge in [0.1, 0.15) is 5.02 Å². The molecule has 0 aliphatic carbocycles. The Hall–Kier alpha value is -2.71. The van der Waals surface area contributed by atoms with Crippen molar-refractivity contribution in [2.75, 3.05) is 27.8 Å². The second-order valence-corrected chi connectivity index (χ2v) is 9.07. The van der Waals surface area contributed by atoms with E-state index >= 15 is 0 Å². The van der Waals surface area contributed by atoms with Crippen LogP contribution in [0.1, 0.15) is 58.9 Å². The molecule has 2 rings (SSSR count). The zero-order valence-electron chi connectivity index (χ0n) is 21.1. The summed E-state index contributed by atoms with van der Waals surface area (Å²) in [5, 5.41) is 13.6. The molecule has 0 spiro atoms. The normalized spacial score (nSPS) is 12.0. The number of amides is 1. The van der Waals surface area contributed by atoms with E-state index in [9.17, 15) is 14.7 Å². The lowest BCUT2D eigenvalue weighted by Gasteiger charge is -2.24. The predicted octanol–water partition coefficient (Wildman–Crippen LogP) is 4.10. The lowest BCUT2D eigenvalue weighted by atomic mass is 10.0. The number of methoxy groups -OCH3 is 1. The highest BCUT2D eigenvalue weighted by Gasteiger charge is 2.27. The van der Waals surface area contributed by atoms with E-state index in [4.69, 9.17) is 21.1 Å². The number of carbonyl (C=O) groups is 1. The number of aromatic amines is 1. The van der Waals surface area contributed by atoms with E-state index in [1.165, 1.54) is 7.11 Å². The van der Waals surface area contributed by atoms with Gasteiger partial charge in [-0.2, -0.15) is 0 Å². The number of benzene rings is 1. The second-order valence-electron chi connectivity index (χ2n) is 8.69. The van der Waals surface area contributed by atoms with Crippen LogP contribution in [-0.4, -0.2) is 54.8 Å². The molecule has 3 N–H and O–H groups in total. The Bertz CT molecular complexity index is 1080. The van der Waals surface area contributed by atoms with Crippen LogP contribution >= 0.6 is 11.6 Å². The van der Waals surface area contributed by atoms with Crippen molar-refractivity contribution in [3.63, 3.8) is 0 Å². The van der Waals surface area contributed by atoms with Gasteiger partial charge in [-0.1, -0.05) is 24.9 Å². The number of phenolic OH excluding ortho intramolecular Hbond substituents is 1. The molecule has 1 aromatic heterocycles. The largest absolute Gasteiger partial charge is 0.504 e. The molecule has 34 heavy (non-hydrogen) atoms. The summed E-state index contributed by atoms with van der Waals surface area (Å²) in [6, 6.07) is 2.18. The number of carbonyl (C=O) groups excluding carboxylic acids is 1. The lowest BCUT2D eigenvalue weighted by Crippen LogP contribution is -2.29. The number of phenols is 1. The Morgan fingerprint density at radius 2 is 1.91 bits per heavy atom. The summed E-state index contributed by atoms with van der Waals surface area (Å²) in [6.45, 7) is 7.70. The van der Waals surface area contributed by atoms with Crippen molar-refractivity contribution in [3.8, 4) is 17.2 Å². The van der Waals surface area contributed by atoms with Crippen LogP contribution in [0.3, 0.4) is 0 Å². The maximum Gasteiger partial charge on any atom is 0.255 e. The number of rotatable bonds is 11. The summed E-state index contributed by atoms with van der Waals surface area (Å²) in [5.74, 6) is -0.533. The molecule has 1 atom stereocenters. The summed E-state index contributed by atoms with van der Waals surface area (Å²) >= 11 is 6.50. The highest BCUT2D eigenvalue weighted by Crippen LogP contribution is 2.46. The number of ether oxygens (including phenoxy) is 2. The number of H-pyrrole nitrogens is 1. The minimum Gasteiger partial charge on any atom is -0.504 e. The van der Waals surface area contributed by atoms with Crippen LogP contribution in [0.25, 0.3) is 0 Å². The molecule has 1 heterocycles. The van der Waals surface area contributed by atoms with Gasteiger partial charge in [0.2, 0.25) is 0 Å². The number of hydrogen-bond acceptors (Lipinski definition) is 6. The van der Waals surface area contributed by atoms with Gasteiger partial charge in [-0.05, 0) is 59.3 Å². The van der Waals surface area contributed by atoms with Gasteiger partial charge in [-0.15, -0.1) is 0 Å². The molecule has 9 heteroatoms. The Balaban J connectivity index is 2.28. The van der Waals surface area contributed by atoms with Gasteiger partial charge in [0.15, 0.2) is 17.2 Å². The monoisotopic (exact) mass is 493 g/mol. The molecule has 8 nitrogen and oxygen atoms in total. The molecule has 1 aromatic carbocycles. The quantitative estimate of drug-likeness (QED) is 0.435. The molecular weight excluding hydrogens is 458 g/mol. The third kappa shape index (κ3) is 6.24. The molecule has 0 aliphatic heterocycles. The molecule has 0 unspecified atom stereocenters. The van der Waals surface area contributed by atoms with E-state index in [1.54, 1.807) is 13.8 Å². The summed E-state index contributed by atoms with van der Waals surface area (Å²) in [5.41, 5.74) is 2.08. The Labute approximate surface area is 206 Å². The van der Waals surface area contributed by atoms with E-state index in [0.717, 1.165) is 30.5 Å². The zero-order chi connectivity index (χ0) is 25.6. The van der Waals surface area contributed by atoms with Crippen LogP contribution in [0.15, 0.2) is 10.9 Å². The topological polar surface area (TPSA) is 104 Å². The van der Waals surface area contributed by atoms with Gasteiger partial charge in [0.05, 0.1) is 19.3 Å². The Kier molecular flexibility index (Phi) is 9.82. The maximum absolute atomic E-state index is 13.1. The van der Waals surface area contributed by atoms with Crippen LogP contribution in [0.5, 0.6) is 17.2 Å². The maximum atomic E-state index is 13.1. The molecule has 1 amide bonds. The fraction of sp³-hybridized carbons (Fsp3) is 0.520. The van der Waals surface area contributed by atoms with E-state index in [-0.39, 0.29) is 45.5 Å². The van der Waals surface area contributed by atoms with Crippen LogP contribution in [0.2, 0.25) is 5.02 Å². The summed E-state index contributed by atoms with van der Waals surface area (Å²) < 4.78 is 11.3. The number of hydrogen-bond donors (Lipinski definition) is 3. The third-order valence-electron chi connectivity index (χ3n) is 5.97. The highest BCUT2D eigenvalue weighted by molar-refractivity contribution is 6.34. The first-order valence-electron chi connectivity index (χ1n) is 11.4. The smallest absolute Gasteiger partial charge is 0.255 e. The molecule has 0 radical (unpaired) electrons. The van der Waals surface area contributed by atoms with Crippen molar-refractivity contribution in [1.29, 1.82) is 0 Å². The number of pyridine rings is 1. The van der Waals surface area contributed by atoms with Crippen molar-refractivity contribution >= 4 is 17.5 Å². The fourth-order valence-corrected chi connectivity index (χ4v) is 4.34. The summed E-state index contributed by atoms with van der Waals surface area (Å²) in [6.07, 6.45) is 2.84. The third-order valence-corrected chi connectivity index (χ3v) is 6.31. The average molecular weight is 494 g/mol. The van der Waals surface area contributed by atoms with E-state index in [0.29, 0.717) is 18.2 Å². The summed E-state index contributed by atoms with van der Waals surface area (Å²) in [7, 11) is 5.45. The number of aryl methyl sites for hydroxylation is 2. The molecule has 0 bridgehead atoms. The van der Waals surface area contributed by atoms with Gasteiger partial charge >= 0.3 is 0 Å². The highest BCUT2D eigenvalue weighted by atomic mass is 35.5. The average Bonchev–Trinajstić information content (AvgIpc) is 2.76. The lowest BCUT2D eigenvalue weighted by molar-refractivity contribution is 0.0946. The van der Waals surface area contributed by atoms with E-state index in [1.807, 2.05) is 27.1 Å². The minimum atomic E-state index is -0.520. The molecule has 0 aliphatic rings. The molecule has 2 aromatic rings. The van der Waals surface area contributed by atoms with Gasteiger partial charge in [-0.3, -0.25) is 9.59 Å². The van der Waals surface area contributed by atoms with Crippen LogP contribution in [0, 0.1) is 20.8 Å². The standard InChI is InChI=1S/C25H36ClN3O5/c1-8-9-17(29(5)6)10-11-34-23-20(26)22(33-7)19(16(4)21(23)30)25(32)27-13-18-14(2)12-15(3)28-24(18)31/h12,17,30H,8-11,13H2,1-7H3,(H,27,32)(H,28,31)/t17-/m1/s1. The SMILES string of the molecule is CCC[C@H](CCOc1c(O)c(C)c(C(=O)NCc2c(C)cc(C)[nH]c2=O)c(OC)c1Cl)N(C)C. The van der Waals surface area contributed by atoms with Crippen molar-refractivity contribution < 1.29 is 19.4 Å². The molecule has 188 valence electrons. The fourth-order valence-electron chi connectivity index (χ4n) is 4.02. The first kappa shape index (κ1) is 27.5. The van der Waals surface area contributed by atoms with Gasteiger partial charge in [0.25, 0.3) is 11.5 Å². The van der Waals surface area contributed by atoms with E-state index in [2.05, 4.69) is 22.1 Å². The minimum absolute atomic E-state index is 0.0167. The van der Waals surface area contributed by atoms with Gasteiger partial charge in [0, 0.05) is 29.4 Å². The zero-order valence-corrected chi connectivity index (χ0v) is 21.9. The number of aromatic hydroxyl groups is 1. The van der Waals surface area contributed by atoms with Crippen molar-refractivity contribution in [1.82, 2.24) is 15.2 Å². The van der Waals surface area contributed by atoms with Crippen molar-refractivity contribution in [2.24, 2.45) is 0 Å². The Morgan fingerprint density at radius 3 is 2.47 bits per heavy atom. The second kappa shape index (κ2) is 12.1. The van der Waals surface area contributed by atoms with Crippen molar-refractivity contribution in [3.05, 3.63) is 49.4 Å². The van der Waals surface area contributed by atoms with Gasteiger partial charge in [-0.25, -0.2) is 0 Å². The number of nitrogens with zero attached hydrogens (tertiary/aromatic N) is 1. The summed E-state index contributed by atoms with van der Waals surface area (Å²) in [4.78, 5) is 30.2. The first-order chi connectivity index (χ1) is 16.0. The van der Waals surface area contributed by atoms with E-state index < -0.39 is 5.91 Å². The Morgan fingerprint density at radius 1 is 1.24 bits per heavy atom. The predicted molar refractivity (Wildman–Crippen MR) is 135 cm³/mol. The first-order valence-corrected chi connectivity index (χ1v) is 11.8. The van der Waals surface area contributed by atoms with Crippen LogP contribution in [0.4, 0.5) is 0 Å². The van der Waals surface area contributed by atoms with Crippen LogP contribution in [-0.2, 0) is 6.54 Å². The number of halogens is 1. The van der Waals surface area contributed by atoms with Crippen molar-refractivity contribution in [2.45, 2.75) is 59.5 Å². The molecule has 0 fully saturated rings.